The van der Waals surface area contributed by atoms with E-state index in [-0.39, 0.29) is 31.0 Å². The van der Waals surface area contributed by atoms with E-state index in [9.17, 15) is 18.4 Å². The van der Waals surface area contributed by atoms with Crippen molar-refractivity contribution < 1.29 is 27.8 Å². The highest BCUT2D eigenvalue weighted by Crippen LogP contribution is 2.31. The standard InChI is InChI=1S/C23H21F2N3O4/c1-31-20-7-5-17(12-21(20)32-14-15-3-2-9-26-13-15)28-22(29)8-10-27-23(30)18-6-4-16(24)11-19(18)25/h2-7,9,11-13H,8,10,14H2,1H3,(H,27,30)(H,28,29). The number of nitrogens with zero attached hydrogens (tertiary/aromatic N) is 1. The number of hydrogen-bond donors (Lipinski definition) is 2. The molecule has 3 rings (SSSR count). The van der Waals surface area contributed by atoms with Gasteiger partial charge in [0.05, 0.1) is 12.7 Å². The molecule has 3 aromatic rings. The van der Waals surface area contributed by atoms with Gasteiger partial charge in [0.2, 0.25) is 5.91 Å². The summed E-state index contributed by atoms with van der Waals surface area (Å²) in [7, 11) is 1.51. The number of carbonyl (C=O) groups is 2. The second-order valence-corrected chi connectivity index (χ2v) is 6.69. The summed E-state index contributed by atoms with van der Waals surface area (Å²) >= 11 is 0. The van der Waals surface area contributed by atoms with Crippen LogP contribution in [0, 0.1) is 11.6 Å². The van der Waals surface area contributed by atoms with Crippen molar-refractivity contribution in [2.24, 2.45) is 0 Å². The van der Waals surface area contributed by atoms with E-state index in [4.69, 9.17) is 9.47 Å². The summed E-state index contributed by atoms with van der Waals surface area (Å²) in [5, 5.41) is 5.13. The quantitative estimate of drug-likeness (QED) is 0.529. The monoisotopic (exact) mass is 441 g/mol. The number of ether oxygens (including phenoxy) is 2. The van der Waals surface area contributed by atoms with Crippen LogP contribution in [0.25, 0.3) is 0 Å². The van der Waals surface area contributed by atoms with Crippen LogP contribution in [0.15, 0.2) is 60.9 Å². The SMILES string of the molecule is COc1ccc(NC(=O)CCNC(=O)c2ccc(F)cc2F)cc1OCc1cccnc1. The molecule has 0 saturated carbocycles. The van der Waals surface area contributed by atoms with Gasteiger partial charge in [0, 0.05) is 48.7 Å². The molecule has 0 unspecified atom stereocenters. The van der Waals surface area contributed by atoms with Gasteiger partial charge in [-0.3, -0.25) is 14.6 Å². The molecule has 2 aromatic carbocycles. The summed E-state index contributed by atoms with van der Waals surface area (Å²) in [6.45, 7) is 0.246. The van der Waals surface area contributed by atoms with Crippen LogP contribution in [0.2, 0.25) is 0 Å². The first-order valence-electron chi connectivity index (χ1n) is 9.69. The number of halogens is 2. The molecule has 0 atom stereocenters. The predicted molar refractivity (Wildman–Crippen MR) is 114 cm³/mol. The van der Waals surface area contributed by atoms with Crippen molar-refractivity contribution in [3.63, 3.8) is 0 Å². The second-order valence-electron chi connectivity index (χ2n) is 6.69. The smallest absolute Gasteiger partial charge is 0.254 e. The van der Waals surface area contributed by atoms with Gasteiger partial charge in [-0.05, 0) is 30.3 Å². The molecule has 0 radical (unpaired) electrons. The molecule has 166 valence electrons. The zero-order valence-electron chi connectivity index (χ0n) is 17.2. The topological polar surface area (TPSA) is 89.6 Å². The third kappa shape index (κ3) is 6.24. The number of pyridine rings is 1. The van der Waals surface area contributed by atoms with E-state index in [1.165, 1.54) is 7.11 Å². The number of aromatic nitrogens is 1. The van der Waals surface area contributed by atoms with Crippen LogP contribution in [-0.2, 0) is 11.4 Å². The minimum absolute atomic E-state index is 0.0258. The highest BCUT2D eigenvalue weighted by molar-refractivity contribution is 5.95. The lowest BCUT2D eigenvalue weighted by atomic mass is 10.2. The Morgan fingerprint density at radius 2 is 1.91 bits per heavy atom. The molecular weight excluding hydrogens is 420 g/mol. The highest BCUT2D eigenvalue weighted by Gasteiger charge is 2.13. The lowest BCUT2D eigenvalue weighted by Crippen LogP contribution is -2.28. The molecule has 0 fully saturated rings. The summed E-state index contributed by atoms with van der Waals surface area (Å²) in [5.74, 6) is -1.90. The van der Waals surface area contributed by atoms with Gasteiger partial charge in [0.15, 0.2) is 11.5 Å². The van der Waals surface area contributed by atoms with Crippen LogP contribution in [0.3, 0.4) is 0 Å². The van der Waals surface area contributed by atoms with Crippen molar-refractivity contribution in [2.45, 2.75) is 13.0 Å². The molecule has 32 heavy (non-hydrogen) atoms. The molecule has 0 aliphatic heterocycles. The van der Waals surface area contributed by atoms with Crippen molar-refractivity contribution >= 4 is 17.5 Å². The van der Waals surface area contributed by atoms with Crippen LogP contribution in [0.1, 0.15) is 22.3 Å². The molecule has 7 nitrogen and oxygen atoms in total. The van der Waals surface area contributed by atoms with Crippen LogP contribution < -0.4 is 20.1 Å². The van der Waals surface area contributed by atoms with Crippen molar-refractivity contribution in [2.75, 3.05) is 19.0 Å². The molecule has 0 aliphatic rings. The van der Waals surface area contributed by atoms with E-state index >= 15 is 0 Å². The van der Waals surface area contributed by atoms with Gasteiger partial charge in [-0.15, -0.1) is 0 Å². The van der Waals surface area contributed by atoms with Crippen molar-refractivity contribution in [1.29, 1.82) is 0 Å². The summed E-state index contributed by atoms with van der Waals surface area (Å²) < 4.78 is 37.7. The number of amides is 2. The van der Waals surface area contributed by atoms with E-state index < -0.39 is 17.5 Å². The zero-order valence-corrected chi connectivity index (χ0v) is 17.2. The van der Waals surface area contributed by atoms with E-state index in [1.54, 1.807) is 36.7 Å². The fourth-order valence-electron chi connectivity index (χ4n) is 2.79. The number of nitrogens with one attached hydrogen (secondary N) is 2. The van der Waals surface area contributed by atoms with Crippen LogP contribution in [-0.4, -0.2) is 30.5 Å². The van der Waals surface area contributed by atoms with Crippen LogP contribution in [0.4, 0.5) is 14.5 Å². The molecule has 0 bridgehead atoms. The van der Waals surface area contributed by atoms with Crippen LogP contribution >= 0.6 is 0 Å². The van der Waals surface area contributed by atoms with E-state index in [2.05, 4.69) is 15.6 Å². The molecule has 0 spiro atoms. The van der Waals surface area contributed by atoms with Gasteiger partial charge in [0.1, 0.15) is 18.2 Å². The number of methoxy groups -OCH3 is 1. The van der Waals surface area contributed by atoms with Crippen molar-refractivity contribution in [3.8, 4) is 11.5 Å². The zero-order chi connectivity index (χ0) is 22.9. The molecule has 0 saturated heterocycles. The number of anilines is 1. The number of rotatable bonds is 9. The van der Waals surface area contributed by atoms with Crippen LogP contribution in [0.5, 0.6) is 11.5 Å². The third-order valence-corrected chi connectivity index (χ3v) is 4.38. The third-order valence-electron chi connectivity index (χ3n) is 4.38. The Hall–Kier alpha value is -4.01. The lowest BCUT2D eigenvalue weighted by molar-refractivity contribution is -0.116. The summed E-state index contributed by atoms with van der Waals surface area (Å²) in [5.41, 5.74) is 1.06. The molecule has 0 aliphatic carbocycles. The molecule has 2 amide bonds. The fourth-order valence-corrected chi connectivity index (χ4v) is 2.79. The first-order valence-corrected chi connectivity index (χ1v) is 9.69. The Kier molecular flexibility index (Phi) is 7.69. The Morgan fingerprint density at radius 1 is 1.06 bits per heavy atom. The molecule has 9 heteroatoms. The number of carbonyl (C=O) groups excluding carboxylic acids is 2. The first-order chi connectivity index (χ1) is 15.5. The van der Waals surface area contributed by atoms with Crippen molar-refractivity contribution in [3.05, 3.63) is 83.7 Å². The Morgan fingerprint density at radius 3 is 2.62 bits per heavy atom. The molecule has 1 aromatic heterocycles. The summed E-state index contributed by atoms with van der Waals surface area (Å²) in [6.07, 6.45) is 3.30. The Balaban J connectivity index is 1.53. The molecular formula is C23H21F2N3O4. The maximum Gasteiger partial charge on any atom is 0.254 e. The van der Waals surface area contributed by atoms with Gasteiger partial charge < -0.3 is 20.1 Å². The largest absolute Gasteiger partial charge is 0.493 e. The van der Waals surface area contributed by atoms with Gasteiger partial charge in [0.25, 0.3) is 5.91 Å². The highest BCUT2D eigenvalue weighted by atomic mass is 19.1. The summed E-state index contributed by atoms with van der Waals surface area (Å²) in [6, 6.07) is 11.3. The minimum Gasteiger partial charge on any atom is -0.493 e. The van der Waals surface area contributed by atoms with E-state index in [0.717, 1.165) is 17.7 Å². The van der Waals surface area contributed by atoms with E-state index in [1.807, 2.05) is 6.07 Å². The first kappa shape index (κ1) is 22.7. The van der Waals surface area contributed by atoms with E-state index in [0.29, 0.717) is 23.3 Å². The van der Waals surface area contributed by atoms with Gasteiger partial charge in [-0.25, -0.2) is 8.78 Å². The fraction of sp³-hybridized carbons (Fsp3) is 0.174. The van der Waals surface area contributed by atoms with Gasteiger partial charge in [-0.2, -0.15) is 0 Å². The predicted octanol–water partition coefficient (Wildman–Crippen LogP) is 3.71. The summed E-state index contributed by atoms with van der Waals surface area (Å²) in [4.78, 5) is 28.2. The van der Waals surface area contributed by atoms with Crippen molar-refractivity contribution in [1.82, 2.24) is 10.3 Å². The maximum atomic E-state index is 13.6. The number of benzene rings is 2. The minimum atomic E-state index is -0.969. The normalized spacial score (nSPS) is 10.3. The molecule has 1 heterocycles. The molecule has 2 N–H and O–H groups in total. The maximum absolute atomic E-state index is 13.6. The van der Waals surface area contributed by atoms with Gasteiger partial charge >= 0.3 is 0 Å². The average Bonchev–Trinajstić information content (AvgIpc) is 2.78. The average molecular weight is 441 g/mol. The number of hydrogen-bond acceptors (Lipinski definition) is 5. The Bertz CT molecular complexity index is 1090. The second kappa shape index (κ2) is 10.9. The van der Waals surface area contributed by atoms with Gasteiger partial charge in [-0.1, -0.05) is 6.07 Å². The Labute approximate surface area is 183 Å². The lowest BCUT2D eigenvalue weighted by Gasteiger charge is -2.13.